The van der Waals surface area contributed by atoms with Crippen LogP contribution in [0.5, 0.6) is 0 Å². The van der Waals surface area contributed by atoms with Gasteiger partial charge in [0, 0.05) is 32.7 Å². The van der Waals surface area contributed by atoms with Gasteiger partial charge in [-0.15, -0.1) is 0 Å². The van der Waals surface area contributed by atoms with Crippen LogP contribution in [-0.4, -0.2) is 100 Å². The summed E-state index contributed by atoms with van der Waals surface area (Å²) in [5, 5.41) is 14.2. The lowest BCUT2D eigenvalue weighted by atomic mass is 9.82. The van der Waals surface area contributed by atoms with E-state index in [9.17, 15) is 31.1 Å². The van der Waals surface area contributed by atoms with Crippen molar-refractivity contribution in [2.75, 3.05) is 39.8 Å². The van der Waals surface area contributed by atoms with Crippen molar-refractivity contribution in [1.82, 2.24) is 14.7 Å². The van der Waals surface area contributed by atoms with Gasteiger partial charge in [-0.05, 0) is 38.9 Å². The van der Waals surface area contributed by atoms with E-state index in [1.807, 2.05) is 17.0 Å². The topological polar surface area (TPSA) is 115 Å². The number of halogens is 6. The number of carbonyl (C=O) groups is 3. The van der Waals surface area contributed by atoms with E-state index in [1.165, 1.54) is 0 Å². The van der Waals surface area contributed by atoms with E-state index in [0.717, 1.165) is 57.9 Å². The molecule has 0 aromatic carbocycles. The highest BCUT2D eigenvalue weighted by Crippen LogP contribution is 2.33. The summed E-state index contributed by atoms with van der Waals surface area (Å²) in [7, 11) is 2.10. The Bertz CT molecular complexity index is 811. The zero-order valence-electron chi connectivity index (χ0n) is 19.0. The van der Waals surface area contributed by atoms with Crippen LogP contribution in [0.15, 0.2) is 22.8 Å². The minimum atomic E-state index is -5.08. The number of amides is 1. The summed E-state index contributed by atoms with van der Waals surface area (Å²) in [6, 6.07) is 3.94. The Kier molecular flexibility index (Phi) is 10.6. The van der Waals surface area contributed by atoms with Crippen LogP contribution < -0.4 is 0 Å². The fourth-order valence-electron chi connectivity index (χ4n) is 3.65. The predicted molar refractivity (Wildman–Crippen MR) is 108 cm³/mol. The number of likely N-dealkylation sites (tertiary alicyclic amines) is 1. The largest absolute Gasteiger partial charge is 0.490 e. The first-order valence-electron chi connectivity index (χ1n) is 10.4. The van der Waals surface area contributed by atoms with Crippen LogP contribution in [0.3, 0.4) is 0 Å². The summed E-state index contributed by atoms with van der Waals surface area (Å²) in [6.45, 7) is 7.50. The molecule has 1 spiro atoms. The van der Waals surface area contributed by atoms with Gasteiger partial charge in [0.15, 0.2) is 0 Å². The normalized spacial score (nSPS) is 18.9. The Hall–Kier alpha value is -2.81. The number of alkyl halides is 6. The van der Waals surface area contributed by atoms with Crippen LogP contribution in [0.25, 0.3) is 0 Å². The summed E-state index contributed by atoms with van der Waals surface area (Å²) in [5.41, 5.74) is -0.270. The van der Waals surface area contributed by atoms with Crippen LogP contribution in [0.4, 0.5) is 26.3 Å². The highest BCUT2D eigenvalue weighted by atomic mass is 19.4. The van der Waals surface area contributed by atoms with Gasteiger partial charge in [-0.25, -0.2) is 9.59 Å². The van der Waals surface area contributed by atoms with Crippen LogP contribution in [0, 0.1) is 0 Å². The fraction of sp³-hybridized carbons (Fsp3) is 0.650. The number of carboxylic acids is 2. The molecule has 2 N–H and O–H groups in total. The Morgan fingerprint density at radius 3 is 1.86 bits per heavy atom. The molecule has 1 aromatic heterocycles. The first-order valence-corrected chi connectivity index (χ1v) is 10.4. The summed E-state index contributed by atoms with van der Waals surface area (Å²) < 4.78 is 68.9. The molecule has 3 heterocycles. The molecular formula is C20H27F6N3O6. The number of hydrogen-bond donors (Lipinski definition) is 2. The summed E-state index contributed by atoms with van der Waals surface area (Å²) in [4.78, 5) is 37.3. The molecule has 0 atom stereocenters. The van der Waals surface area contributed by atoms with Gasteiger partial charge < -0.3 is 19.5 Å². The molecule has 15 heteroatoms. The standard InChI is InChI=1S/C16H25N3O2.2C2HF3O2/c1-3-19-11-10-17(2)16(15(19)20)6-8-18(9-7-16)13-14-5-4-12-21-14;2*3-2(4,5)1(6)7/h4-5,12H,3,6-11,13H2,1-2H3;2*(H,6,7). The third-order valence-electron chi connectivity index (χ3n) is 5.63. The van der Waals surface area contributed by atoms with Gasteiger partial charge >= 0.3 is 24.3 Å². The van der Waals surface area contributed by atoms with E-state index < -0.39 is 24.3 Å². The molecule has 2 saturated heterocycles. The summed E-state index contributed by atoms with van der Waals surface area (Å²) in [6.07, 6.45) is -6.61. The molecule has 2 aliphatic heterocycles. The maximum Gasteiger partial charge on any atom is 0.490 e. The van der Waals surface area contributed by atoms with Crippen LogP contribution in [-0.2, 0) is 20.9 Å². The van der Waals surface area contributed by atoms with E-state index >= 15 is 0 Å². The molecule has 35 heavy (non-hydrogen) atoms. The molecule has 3 rings (SSSR count). The van der Waals surface area contributed by atoms with Crippen molar-refractivity contribution < 1.29 is 55.4 Å². The van der Waals surface area contributed by atoms with Crippen LogP contribution in [0.1, 0.15) is 25.5 Å². The second kappa shape index (κ2) is 12.2. The lowest BCUT2D eigenvalue weighted by Gasteiger charge is -2.51. The number of furan rings is 1. The first-order chi connectivity index (χ1) is 16.0. The van der Waals surface area contributed by atoms with Gasteiger partial charge in [0.25, 0.3) is 0 Å². The van der Waals surface area contributed by atoms with E-state index in [1.54, 1.807) is 6.26 Å². The smallest absolute Gasteiger partial charge is 0.475 e. The quantitative estimate of drug-likeness (QED) is 0.586. The van der Waals surface area contributed by atoms with Crippen molar-refractivity contribution in [3.05, 3.63) is 24.2 Å². The lowest BCUT2D eigenvalue weighted by molar-refractivity contribution is -0.193. The van der Waals surface area contributed by atoms with Gasteiger partial charge in [0.1, 0.15) is 11.3 Å². The molecule has 0 bridgehead atoms. The SMILES string of the molecule is CCN1CCN(C)C2(CCN(Cc3ccco3)CC2)C1=O.O=C(O)C(F)(F)F.O=C(O)C(F)(F)F. The fourth-order valence-corrected chi connectivity index (χ4v) is 3.65. The van der Waals surface area contributed by atoms with Crippen molar-refractivity contribution >= 4 is 17.8 Å². The Labute approximate surface area is 196 Å². The van der Waals surface area contributed by atoms with Crippen molar-refractivity contribution in [2.45, 2.75) is 44.2 Å². The first kappa shape index (κ1) is 30.2. The summed E-state index contributed by atoms with van der Waals surface area (Å²) in [5.74, 6) is -4.18. The molecule has 1 aromatic rings. The van der Waals surface area contributed by atoms with Gasteiger partial charge in [0.05, 0.1) is 12.8 Å². The summed E-state index contributed by atoms with van der Waals surface area (Å²) >= 11 is 0. The van der Waals surface area contributed by atoms with Gasteiger partial charge in [-0.3, -0.25) is 14.6 Å². The maximum absolute atomic E-state index is 12.8. The highest BCUT2D eigenvalue weighted by molar-refractivity contribution is 5.87. The third kappa shape index (κ3) is 8.72. The number of hydrogen-bond acceptors (Lipinski definition) is 6. The number of piperazine rings is 1. The zero-order chi connectivity index (χ0) is 27.0. The molecule has 200 valence electrons. The van der Waals surface area contributed by atoms with E-state index in [4.69, 9.17) is 24.2 Å². The molecule has 2 aliphatic rings. The number of piperidine rings is 1. The third-order valence-corrected chi connectivity index (χ3v) is 5.63. The molecule has 2 fully saturated rings. The molecule has 0 aliphatic carbocycles. The number of rotatable bonds is 3. The highest BCUT2D eigenvalue weighted by Gasteiger charge is 2.48. The monoisotopic (exact) mass is 519 g/mol. The molecule has 0 radical (unpaired) electrons. The zero-order valence-corrected chi connectivity index (χ0v) is 19.0. The van der Waals surface area contributed by atoms with Crippen molar-refractivity contribution in [3.63, 3.8) is 0 Å². The average Bonchev–Trinajstić information content (AvgIpc) is 3.26. The molecule has 0 unspecified atom stereocenters. The van der Waals surface area contributed by atoms with Gasteiger partial charge in [-0.2, -0.15) is 26.3 Å². The number of carboxylic acid groups (broad SMARTS) is 2. The second-order valence-electron chi connectivity index (χ2n) is 7.80. The lowest BCUT2D eigenvalue weighted by Crippen LogP contribution is -2.67. The number of carbonyl (C=O) groups excluding carboxylic acids is 1. The molecule has 9 nitrogen and oxygen atoms in total. The van der Waals surface area contributed by atoms with Gasteiger partial charge in [-0.1, -0.05) is 0 Å². The van der Waals surface area contributed by atoms with Gasteiger partial charge in [0.2, 0.25) is 5.91 Å². The van der Waals surface area contributed by atoms with Crippen LogP contribution in [0.2, 0.25) is 0 Å². The number of aliphatic carboxylic acids is 2. The number of likely N-dealkylation sites (N-methyl/N-ethyl adjacent to an activating group) is 2. The molecule has 0 saturated carbocycles. The van der Waals surface area contributed by atoms with E-state index in [2.05, 4.69) is 23.8 Å². The minimum absolute atomic E-state index is 0.270. The molecular weight excluding hydrogens is 492 g/mol. The van der Waals surface area contributed by atoms with E-state index in [-0.39, 0.29) is 5.54 Å². The van der Waals surface area contributed by atoms with Crippen molar-refractivity contribution in [1.29, 1.82) is 0 Å². The predicted octanol–water partition coefficient (Wildman–Crippen LogP) is 2.67. The average molecular weight is 519 g/mol. The maximum atomic E-state index is 12.8. The number of nitrogens with zero attached hydrogens (tertiary/aromatic N) is 3. The van der Waals surface area contributed by atoms with E-state index in [0.29, 0.717) is 5.91 Å². The van der Waals surface area contributed by atoms with Crippen LogP contribution >= 0.6 is 0 Å². The second-order valence-corrected chi connectivity index (χ2v) is 7.80. The Morgan fingerprint density at radius 1 is 1.00 bits per heavy atom. The Balaban J connectivity index is 0.000000362. The Morgan fingerprint density at radius 2 is 1.49 bits per heavy atom. The minimum Gasteiger partial charge on any atom is -0.475 e. The molecule has 1 amide bonds. The van der Waals surface area contributed by atoms with Crippen molar-refractivity contribution in [3.8, 4) is 0 Å². The van der Waals surface area contributed by atoms with Crippen molar-refractivity contribution in [2.24, 2.45) is 0 Å².